The standard InChI is InChI=1S/C9H6O4/c10-5-13-9-3-6-1-2-12-8(6)4-7(9)11/h1-5,11H. The third-order valence-corrected chi connectivity index (χ3v) is 1.71. The van der Waals surface area contributed by atoms with E-state index in [0.717, 1.165) is 5.39 Å². The normalized spacial score (nSPS) is 10.2. The molecule has 0 bridgehead atoms. The zero-order valence-electron chi connectivity index (χ0n) is 6.56. The Labute approximate surface area is 73.3 Å². The fraction of sp³-hybridized carbons (Fsp3) is 0. The van der Waals surface area contributed by atoms with Gasteiger partial charge >= 0.3 is 0 Å². The molecule has 0 aliphatic heterocycles. The third-order valence-electron chi connectivity index (χ3n) is 1.71. The lowest BCUT2D eigenvalue weighted by molar-refractivity contribution is -0.120. The van der Waals surface area contributed by atoms with E-state index in [2.05, 4.69) is 4.74 Å². The fourth-order valence-electron chi connectivity index (χ4n) is 1.12. The Kier molecular flexibility index (Phi) is 1.66. The van der Waals surface area contributed by atoms with Crippen molar-refractivity contribution in [1.29, 1.82) is 0 Å². The van der Waals surface area contributed by atoms with Crippen molar-refractivity contribution in [2.45, 2.75) is 0 Å². The molecule has 0 spiro atoms. The highest BCUT2D eigenvalue weighted by Gasteiger charge is 2.06. The number of ether oxygens (including phenoxy) is 1. The van der Waals surface area contributed by atoms with E-state index < -0.39 is 0 Å². The fourth-order valence-corrected chi connectivity index (χ4v) is 1.12. The maximum Gasteiger partial charge on any atom is 0.298 e. The van der Waals surface area contributed by atoms with Crippen molar-refractivity contribution in [2.24, 2.45) is 0 Å². The van der Waals surface area contributed by atoms with Gasteiger partial charge in [-0.25, -0.2) is 0 Å². The Morgan fingerprint density at radius 1 is 1.46 bits per heavy atom. The van der Waals surface area contributed by atoms with Crippen LogP contribution in [0.3, 0.4) is 0 Å². The molecule has 1 N–H and O–H groups in total. The number of carbonyl (C=O) groups excluding carboxylic acids is 1. The predicted octanol–water partition coefficient (Wildman–Crippen LogP) is 1.67. The lowest BCUT2D eigenvalue weighted by Crippen LogP contribution is -1.88. The summed E-state index contributed by atoms with van der Waals surface area (Å²) >= 11 is 0. The van der Waals surface area contributed by atoms with E-state index in [4.69, 9.17) is 4.42 Å². The van der Waals surface area contributed by atoms with Gasteiger partial charge in [-0.2, -0.15) is 0 Å². The van der Waals surface area contributed by atoms with Crippen LogP contribution >= 0.6 is 0 Å². The van der Waals surface area contributed by atoms with Crippen molar-refractivity contribution >= 4 is 17.4 Å². The number of phenolic OH excluding ortho intramolecular Hbond substituents is 1. The Morgan fingerprint density at radius 3 is 3.08 bits per heavy atom. The van der Waals surface area contributed by atoms with Gasteiger partial charge in [-0.05, 0) is 12.1 Å². The van der Waals surface area contributed by atoms with E-state index in [-0.39, 0.29) is 18.0 Å². The SMILES string of the molecule is O=COc1cc2ccoc2cc1O. The molecule has 0 fully saturated rings. The molecule has 0 unspecified atom stereocenters. The predicted molar refractivity (Wildman–Crippen MR) is 44.6 cm³/mol. The summed E-state index contributed by atoms with van der Waals surface area (Å²) in [6.45, 7) is 0.265. The second-order valence-corrected chi connectivity index (χ2v) is 2.49. The molecule has 0 saturated carbocycles. The zero-order valence-corrected chi connectivity index (χ0v) is 6.56. The minimum Gasteiger partial charge on any atom is -0.504 e. The van der Waals surface area contributed by atoms with Crippen LogP contribution in [0.4, 0.5) is 0 Å². The van der Waals surface area contributed by atoms with Gasteiger partial charge in [0.25, 0.3) is 6.47 Å². The smallest absolute Gasteiger partial charge is 0.298 e. The van der Waals surface area contributed by atoms with Crippen LogP contribution in [0, 0.1) is 0 Å². The minimum absolute atomic E-state index is 0.116. The number of hydrogen-bond donors (Lipinski definition) is 1. The Hall–Kier alpha value is -1.97. The van der Waals surface area contributed by atoms with Gasteiger partial charge in [-0.1, -0.05) is 0 Å². The van der Waals surface area contributed by atoms with E-state index in [1.165, 1.54) is 18.4 Å². The molecular formula is C9H6O4. The maximum atomic E-state index is 10.0. The average Bonchev–Trinajstić information content (AvgIpc) is 2.52. The Bertz CT molecular complexity index is 444. The number of benzene rings is 1. The van der Waals surface area contributed by atoms with Crippen LogP contribution in [0.1, 0.15) is 0 Å². The van der Waals surface area contributed by atoms with Crippen molar-refractivity contribution in [1.82, 2.24) is 0 Å². The molecule has 66 valence electrons. The first-order valence-electron chi connectivity index (χ1n) is 3.62. The molecule has 2 aromatic rings. The zero-order chi connectivity index (χ0) is 9.26. The molecule has 2 rings (SSSR count). The van der Waals surface area contributed by atoms with Crippen molar-refractivity contribution in [2.75, 3.05) is 0 Å². The molecular weight excluding hydrogens is 172 g/mol. The Morgan fingerprint density at radius 2 is 2.31 bits per heavy atom. The quantitative estimate of drug-likeness (QED) is 0.710. The molecule has 0 amide bonds. The van der Waals surface area contributed by atoms with E-state index >= 15 is 0 Å². The average molecular weight is 178 g/mol. The number of hydrogen-bond acceptors (Lipinski definition) is 4. The number of fused-ring (bicyclic) bond motifs is 1. The van der Waals surface area contributed by atoms with Gasteiger partial charge in [0.2, 0.25) is 0 Å². The first-order chi connectivity index (χ1) is 6.31. The summed E-state index contributed by atoms with van der Waals surface area (Å²) < 4.78 is 9.57. The summed E-state index contributed by atoms with van der Waals surface area (Å²) in [5.74, 6) is 0.0125. The van der Waals surface area contributed by atoms with Crippen LogP contribution in [0.25, 0.3) is 11.0 Å². The maximum absolute atomic E-state index is 10.0. The summed E-state index contributed by atoms with van der Waals surface area (Å²) in [5, 5.41) is 10.1. The second-order valence-electron chi connectivity index (χ2n) is 2.49. The lowest BCUT2D eigenvalue weighted by Gasteiger charge is -2.00. The van der Waals surface area contributed by atoms with Crippen molar-refractivity contribution < 1.29 is 19.1 Å². The third kappa shape index (κ3) is 1.22. The highest BCUT2D eigenvalue weighted by molar-refractivity contribution is 5.81. The summed E-state index contributed by atoms with van der Waals surface area (Å²) in [7, 11) is 0. The van der Waals surface area contributed by atoms with Gasteiger partial charge in [0.15, 0.2) is 11.5 Å². The molecule has 0 saturated heterocycles. The van der Waals surface area contributed by atoms with Crippen LogP contribution in [-0.4, -0.2) is 11.6 Å². The highest BCUT2D eigenvalue weighted by atomic mass is 16.5. The highest BCUT2D eigenvalue weighted by Crippen LogP contribution is 2.31. The molecule has 1 aromatic heterocycles. The molecule has 1 aromatic carbocycles. The van der Waals surface area contributed by atoms with Crippen LogP contribution in [0.15, 0.2) is 28.9 Å². The molecule has 4 nitrogen and oxygen atoms in total. The van der Waals surface area contributed by atoms with Gasteiger partial charge in [0, 0.05) is 11.5 Å². The summed E-state index contributed by atoms with van der Waals surface area (Å²) in [6.07, 6.45) is 1.49. The van der Waals surface area contributed by atoms with Crippen LogP contribution in [0.2, 0.25) is 0 Å². The second kappa shape index (κ2) is 2.82. The number of carbonyl (C=O) groups is 1. The first kappa shape index (κ1) is 7.67. The van der Waals surface area contributed by atoms with Crippen molar-refractivity contribution in [3.05, 3.63) is 24.5 Å². The summed E-state index contributed by atoms with van der Waals surface area (Å²) in [5.41, 5.74) is 0.552. The largest absolute Gasteiger partial charge is 0.504 e. The monoisotopic (exact) mass is 178 g/mol. The van der Waals surface area contributed by atoms with E-state index in [0.29, 0.717) is 5.58 Å². The number of aromatic hydroxyl groups is 1. The van der Waals surface area contributed by atoms with Gasteiger partial charge < -0.3 is 14.3 Å². The minimum atomic E-state index is -0.116. The summed E-state index contributed by atoms with van der Waals surface area (Å²) in [6, 6.07) is 4.64. The van der Waals surface area contributed by atoms with Crippen LogP contribution in [-0.2, 0) is 4.79 Å². The Balaban J connectivity index is 2.62. The molecule has 0 aliphatic rings. The molecule has 0 aliphatic carbocycles. The van der Waals surface area contributed by atoms with E-state index in [1.54, 1.807) is 6.07 Å². The molecule has 13 heavy (non-hydrogen) atoms. The summed E-state index contributed by atoms with van der Waals surface area (Å²) in [4.78, 5) is 10.0. The van der Waals surface area contributed by atoms with Gasteiger partial charge in [0.1, 0.15) is 5.58 Å². The van der Waals surface area contributed by atoms with Gasteiger partial charge in [0.05, 0.1) is 6.26 Å². The number of rotatable bonds is 2. The topological polar surface area (TPSA) is 59.7 Å². The molecule has 4 heteroatoms. The van der Waals surface area contributed by atoms with Crippen molar-refractivity contribution in [3.8, 4) is 11.5 Å². The first-order valence-corrected chi connectivity index (χ1v) is 3.62. The number of furan rings is 1. The van der Waals surface area contributed by atoms with E-state index in [1.807, 2.05) is 0 Å². The molecule has 0 atom stereocenters. The van der Waals surface area contributed by atoms with Crippen LogP contribution in [0.5, 0.6) is 11.5 Å². The van der Waals surface area contributed by atoms with Crippen molar-refractivity contribution in [3.63, 3.8) is 0 Å². The molecule has 0 radical (unpaired) electrons. The lowest BCUT2D eigenvalue weighted by atomic mass is 10.2. The number of phenols is 1. The molecule has 1 heterocycles. The van der Waals surface area contributed by atoms with E-state index in [9.17, 15) is 9.90 Å². The van der Waals surface area contributed by atoms with Gasteiger partial charge in [-0.15, -0.1) is 0 Å². The van der Waals surface area contributed by atoms with Gasteiger partial charge in [-0.3, -0.25) is 4.79 Å². The van der Waals surface area contributed by atoms with Crippen LogP contribution < -0.4 is 4.74 Å².